The molecular weight excluding hydrogens is 645 g/mol. The summed E-state index contributed by atoms with van der Waals surface area (Å²) < 4.78 is 131. The second-order valence-corrected chi connectivity index (χ2v) is 23.3. The first kappa shape index (κ1) is 36.4. The zero-order chi connectivity index (χ0) is 34.1. The van der Waals surface area contributed by atoms with Gasteiger partial charge >= 0.3 is 0 Å². The summed E-state index contributed by atoms with van der Waals surface area (Å²) in [6.07, 6.45) is 5.82. The van der Waals surface area contributed by atoms with E-state index in [4.69, 9.17) is 4.43 Å². The molecule has 46 heavy (non-hydrogen) atoms. The van der Waals surface area contributed by atoms with Crippen molar-refractivity contribution in [3.05, 3.63) is 52.6 Å². The standard InChI is InChI=1S/C35H44F8OSi2/c1-7-11-12-13-14-15-16-46(20(5)6,18-17-45(8-2,9-3)10-4)44-35-28-26-25-23(29(38)31(40)27(26)32(41)34(35)43)21(36)19-22(37)24(25)30(39)33(28)42/h19-20H,7-18H2,1-6H3. The van der Waals surface area contributed by atoms with Crippen LogP contribution < -0.4 is 4.43 Å². The molecule has 0 aromatic heterocycles. The van der Waals surface area contributed by atoms with Crippen molar-refractivity contribution in [3.63, 3.8) is 0 Å². The van der Waals surface area contributed by atoms with Gasteiger partial charge in [-0.2, -0.15) is 4.39 Å². The van der Waals surface area contributed by atoms with E-state index in [1.54, 1.807) is 0 Å². The Bertz CT molecular complexity index is 1670. The van der Waals surface area contributed by atoms with Gasteiger partial charge in [-0.15, -0.1) is 0 Å². The first-order valence-corrected chi connectivity index (χ1v) is 21.9. The van der Waals surface area contributed by atoms with Crippen LogP contribution in [0.4, 0.5) is 35.1 Å². The largest absolute Gasteiger partial charge is 0.541 e. The summed E-state index contributed by atoms with van der Waals surface area (Å²) in [6.45, 7) is 12.4. The zero-order valence-electron chi connectivity index (χ0n) is 27.6. The number of hydrogen-bond acceptors (Lipinski definition) is 1. The van der Waals surface area contributed by atoms with Gasteiger partial charge in [0.05, 0.1) is 29.6 Å². The first-order valence-electron chi connectivity index (χ1n) is 16.6. The third-order valence-corrected chi connectivity index (χ3v) is 22.0. The van der Waals surface area contributed by atoms with Gasteiger partial charge in [0.15, 0.2) is 34.8 Å². The molecule has 1 nitrogen and oxygen atoms in total. The summed E-state index contributed by atoms with van der Waals surface area (Å²) in [6, 6.07) is 5.12. The van der Waals surface area contributed by atoms with Gasteiger partial charge in [-0.1, -0.05) is 104 Å². The third-order valence-electron chi connectivity index (χ3n) is 10.7. The molecule has 0 radical (unpaired) electrons. The van der Waals surface area contributed by atoms with E-state index in [1.165, 1.54) is 0 Å². The van der Waals surface area contributed by atoms with Gasteiger partial charge in [0, 0.05) is 16.8 Å². The van der Waals surface area contributed by atoms with Crippen molar-refractivity contribution < 1.29 is 39.5 Å². The van der Waals surface area contributed by atoms with E-state index in [1.807, 2.05) is 13.8 Å². The maximum absolute atomic E-state index is 16.1. The minimum atomic E-state index is -3.17. The zero-order valence-corrected chi connectivity index (χ0v) is 29.6. The van der Waals surface area contributed by atoms with Crippen LogP contribution in [0.1, 0.15) is 80.1 Å². The number of hydrogen-bond donors (Lipinski definition) is 0. The number of rotatable bonds is 16. The lowest BCUT2D eigenvalue weighted by Crippen LogP contribution is -2.47. The molecule has 0 bridgehead atoms. The number of benzene rings is 4. The minimum Gasteiger partial charge on any atom is -0.541 e. The van der Waals surface area contributed by atoms with Gasteiger partial charge < -0.3 is 4.43 Å². The summed E-state index contributed by atoms with van der Waals surface area (Å²) in [5.74, 6) is -15.4. The molecule has 0 saturated heterocycles. The molecule has 0 spiro atoms. The molecule has 0 aliphatic carbocycles. The average Bonchev–Trinajstić information content (AvgIpc) is 3.02. The topological polar surface area (TPSA) is 9.23 Å². The highest BCUT2D eigenvalue weighted by atomic mass is 28.4. The molecule has 0 N–H and O–H groups in total. The van der Waals surface area contributed by atoms with Crippen LogP contribution in [0.5, 0.6) is 5.75 Å². The van der Waals surface area contributed by atoms with Crippen LogP contribution >= 0.6 is 0 Å². The molecule has 0 heterocycles. The highest BCUT2D eigenvalue weighted by Gasteiger charge is 2.45. The van der Waals surface area contributed by atoms with Gasteiger partial charge in [0.25, 0.3) is 8.32 Å². The first-order chi connectivity index (χ1) is 21.8. The van der Waals surface area contributed by atoms with E-state index in [0.29, 0.717) is 12.1 Å². The van der Waals surface area contributed by atoms with Gasteiger partial charge in [0.2, 0.25) is 5.82 Å². The highest BCUT2D eigenvalue weighted by Crippen LogP contribution is 2.50. The average molecular weight is 689 g/mol. The fourth-order valence-electron chi connectivity index (χ4n) is 7.25. The van der Waals surface area contributed by atoms with Gasteiger partial charge in [-0.25, -0.2) is 30.7 Å². The summed E-state index contributed by atoms with van der Waals surface area (Å²) in [7, 11) is -4.93. The van der Waals surface area contributed by atoms with E-state index in [0.717, 1.165) is 62.7 Å². The molecule has 254 valence electrons. The fraction of sp³-hybridized carbons (Fsp3) is 0.543. The lowest BCUT2D eigenvalue weighted by atomic mass is 9.91. The van der Waals surface area contributed by atoms with Crippen molar-refractivity contribution in [2.24, 2.45) is 0 Å². The minimum absolute atomic E-state index is 0.115. The van der Waals surface area contributed by atoms with Crippen LogP contribution in [-0.2, 0) is 0 Å². The van der Waals surface area contributed by atoms with Crippen LogP contribution in [0, 0.1) is 46.5 Å². The SMILES string of the molecule is CCCCCCCC[Si](CC[Si](CC)(CC)CC)(Oc1c(F)c(F)c2c(F)c(F)c3c(F)cc(F)c4c(F)c(F)c1c2c34)C(C)C. The van der Waals surface area contributed by atoms with E-state index in [2.05, 4.69) is 27.7 Å². The van der Waals surface area contributed by atoms with E-state index >= 15 is 26.3 Å². The lowest BCUT2D eigenvalue weighted by Gasteiger charge is -2.39. The second kappa shape index (κ2) is 14.4. The van der Waals surface area contributed by atoms with Gasteiger partial charge in [0.1, 0.15) is 11.6 Å². The van der Waals surface area contributed by atoms with Crippen LogP contribution in [-0.4, -0.2) is 16.4 Å². The molecule has 4 rings (SSSR count). The van der Waals surface area contributed by atoms with Crippen LogP contribution in [0.15, 0.2) is 6.07 Å². The smallest absolute Gasteiger partial charge is 0.253 e. The Kier molecular flexibility index (Phi) is 11.4. The van der Waals surface area contributed by atoms with E-state index in [-0.39, 0.29) is 11.6 Å². The Hall–Kier alpha value is -2.41. The molecule has 4 aromatic rings. The Morgan fingerprint density at radius 1 is 0.522 bits per heavy atom. The molecule has 1 unspecified atom stereocenters. The number of unbranched alkanes of at least 4 members (excludes halogenated alkanes) is 5. The fourth-order valence-corrected chi connectivity index (χ4v) is 16.9. The molecule has 1 atom stereocenters. The Morgan fingerprint density at radius 3 is 1.50 bits per heavy atom. The predicted octanol–water partition coefficient (Wildman–Crippen LogP) is 13.3. The Labute approximate surface area is 268 Å². The van der Waals surface area contributed by atoms with Crippen molar-refractivity contribution >= 4 is 48.7 Å². The van der Waals surface area contributed by atoms with Crippen LogP contribution in [0.25, 0.3) is 32.3 Å². The molecule has 11 heteroatoms. The van der Waals surface area contributed by atoms with Crippen molar-refractivity contribution in [3.8, 4) is 5.75 Å². The van der Waals surface area contributed by atoms with Crippen LogP contribution in [0.3, 0.4) is 0 Å². The Balaban J connectivity index is 2.02. The third kappa shape index (κ3) is 6.15. The summed E-state index contributed by atoms with van der Waals surface area (Å²) in [4.78, 5) is 0. The van der Waals surface area contributed by atoms with Crippen LogP contribution in [0.2, 0.25) is 41.8 Å². The van der Waals surface area contributed by atoms with E-state index < -0.39 is 101 Å². The molecule has 0 amide bonds. The number of halogens is 8. The summed E-state index contributed by atoms with van der Waals surface area (Å²) >= 11 is 0. The summed E-state index contributed by atoms with van der Waals surface area (Å²) in [5, 5.41) is -6.41. The highest BCUT2D eigenvalue weighted by molar-refractivity contribution is 6.83. The normalized spacial score (nSPS) is 14.0. The van der Waals surface area contributed by atoms with Crippen molar-refractivity contribution in [1.82, 2.24) is 0 Å². The molecular formula is C35H44F8OSi2. The molecule has 0 aliphatic heterocycles. The quantitative estimate of drug-likeness (QED) is 0.0493. The maximum Gasteiger partial charge on any atom is 0.253 e. The van der Waals surface area contributed by atoms with E-state index in [9.17, 15) is 8.78 Å². The second-order valence-electron chi connectivity index (χ2n) is 13.2. The van der Waals surface area contributed by atoms with Crippen molar-refractivity contribution in [1.29, 1.82) is 0 Å². The summed E-state index contributed by atoms with van der Waals surface area (Å²) in [5.41, 5.74) is -0.168. The van der Waals surface area contributed by atoms with Gasteiger partial charge in [-0.05, 0) is 17.6 Å². The molecule has 0 saturated carbocycles. The van der Waals surface area contributed by atoms with Gasteiger partial charge in [-0.3, -0.25) is 0 Å². The van der Waals surface area contributed by atoms with Crippen molar-refractivity contribution in [2.45, 2.75) is 122 Å². The Morgan fingerprint density at radius 2 is 0.978 bits per heavy atom. The predicted molar refractivity (Wildman–Crippen MR) is 176 cm³/mol. The molecule has 4 aromatic carbocycles. The molecule has 0 fully saturated rings. The lowest BCUT2D eigenvalue weighted by molar-refractivity contribution is 0.435. The molecule has 0 aliphatic rings. The maximum atomic E-state index is 16.1. The monoisotopic (exact) mass is 688 g/mol. The van der Waals surface area contributed by atoms with Crippen molar-refractivity contribution in [2.75, 3.05) is 0 Å².